The van der Waals surface area contributed by atoms with Crippen molar-refractivity contribution >= 4 is 21.7 Å². The molecule has 0 N–H and O–H groups in total. The SMILES string of the molecule is COCc1nccn1CC(=O)c1ccc(Br)cn1. The molecule has 2 heterocycles. The first-order valence-electron chi connectivity index (χ1n) is 5.34. The maximum absolute atomic E-state index is 12.0. The van der Waals surface area contributed by atoms with Crippen LogP contribution >= 0.6 is 15.9 Å². The Kier molecular flexibility index (Phi) is 4.22. The average Bonchev–Trinajstić information content (AvgIpc) is 2.78. The number of imidazole rings is 1. The van der Waals surface area contributed by atoms with Crippen LogP contribution in [0.4, 0.5) is 0 Å². The fraction of sp³-hybridized carbons (Fsp3) is 0.250. The van der Waals surface area contributed by atoms with Crippen LogP contribution in [-0.2, 0) is 17.9 Å². The van der Waals surface area contributed by atoms with Gasteiger partial charge in [-0.15, -0.1) is 0 Å². The number of ether oxygens (including phenoxy) is 1. The molecular weight excluding hydrogens is 298 g/mol. The third-order valence-electron chi connectivity index (χ3n) is 2.40. The van der Waals surface area contributed by atoms with Gasteiger partial charge in [0.1, 0.15) is 18.1 Å². The van der Waals surface area contributed by atoms with Crippen LogP contribution in [0.15, 0.2) is 35.2 Å². The Hall–Kier alpha value is -1.53. The smallest absolute Gasteiger partial charge is 0.200 e. The molecule has 0 saturated carbocycles. The first kappa shape index (κ1) is 12.9. The van der Waals surface area contributed by atoms with Crippen molar-refractivity contribution in [3.05, 3.63) is 46.7 Å². The number of hydrogen-bond donors (Lipinski definition) is 0. The molecule has 2 aromatic heterocycles. The van der Waals surface area contributed by atoms with E-state index in [-0.39, 0.29) is 12.3 Å². The minimum absolute atomic E-state index is 0.0575. The highest BCUT2D eigenvalue weighted by Gasteiger charge is 2.10. The van der Waals surface area contributed by atoms with Crippen molar-refractivity contribution in [3.63, 3.8) is 0 Å². The van der Waals surface area contributed by atoms with Crippen molar-refractivity contribution in [1.29, 1.82) is 0 Å². The summed E-state index contributed by atoms with van der Waals surface area (Å²) in [6.07, 6.45) is 5.01. The molecule has 0 radical (unpaired) electrons. The molecule has 0 fully saturated rings. The van der Waals surface area contributed by atoms with Gasteiger partial charge in [-0.3, -0.25) is 9.78 Å². The number of carbonyl (C=O) groups excluding carboxylic acids is 1. The molecule has 0 saturated heterocycles. The Bertz CT molecular complexity index is 537. The second kappa shape index (κ2) is 5.88. The lowest BCUT2D eigenvalue weighted by Crippen LogP contribution is -2.14. The zero-order valence-electron chi connectivity index (χ0n) is 9.84. The van der Waals surface area contributed by atoms with Crippen LogP contribution in [-0.4, -0.2) is 27.4 Å². The van der Waals surface area contributed by atoms with E-state index in [1.54, 1.807) is 42.4 Å². The number of halogens is 1. The molecule has 0 aliphatic carbocycles. The summed E-state index contributed by atoms with van der Waals surface area (Å²) >= 11 is 3.28. The molecule has 94 valence electrons. The third-order valence-corrected chi connectivity index (χ3v) is 2.87. The Balaban J connectivity index is 2.11. The third kappa shape index (κ3) is 3.02. The molecule has 0 aliphatic rings. The van der Waals surface area contributed by atoms with Crippen LogP contribution in [0.1, 0.15) is 16.3 Å². The summed E-state index contributed by atoms with van der Waals surface area (Å²) in [6.45, 7) is 0.599. The van der Waals surface area contributed by atoms with Crippen LogP contribution in [0, 0.1) is 0 Å². The van der Waals surface area contributed by atoms with Gasteiger partial charge in [-0.1, -0.05) is 0 Å². The van der Waals surface area contributed by atoms with E-state index in [1.807, 2.05) is 0 Å². The Morgan fingerprint density at radius 3 is 2.94 bits per heavy atom. The van der Waals surface area contributed by atoms with Gasteiger partial charge in [-0.25, -0.2) is 4.98 Å². The molecule has 0 aliphatic heterocycles. The van der Waals surface area contributed by atoms with Gasteiger partial charge in [-0.2, -0.15) is 0 Å². The number of aromatic nitrogens is 3. The largest absolute Gasteiger partial charge is 0.377 e. The fourth-order valence-corrected chi connectivity index (χ4v) is 1.76. The summed E-state index contributed by atoms with van der Waals surface area (Å²) in [6, 6.07) is 3.49. The highest BCUT2D eigenvalue weighted by Crippen LogP contribution is 2.09. The van der Waals surface area contributed by atoms with Crippen molar-refractivity contribution in [2.45, 2.75) is 13.2 Å². The van der Waals surface area contributed by atoms with E-state index in [9.17, 15) is 4.79 Å². The van der Waals surface area contributed by atoms with Gasteiger partial charge >= 0.3 is 0 Å². The summed E-state index contributed by atoms with van der Waals surface area (Å²) < 4.78 is 7.62. The van der Waals surface area contributed by atoms with E-state index in [0.29, 0.717) is 12.3 Å². The molecule has 0 aromatic carbocycles. The monoisotopic (exact) mass is 309 g/mol. The van der Waals surface area contributed by atoms with E-state index < -0.39 is 0 Å². The van der Waals surface area contributed by atoms with Crippen molar-refractivity contribution in [2.24, 2.45) is 0 Å². The lowest BCUT2D eigenvalue weighted by molar-refractivity contribution is 0.0962. The number of carbonyl (C=O) groups is 1. The number of hydrogen-bond acceptors (Lipinski definition) is 4. The molecule has 0 spiro atoms. The Labute approximate surface area is 113 Å². The molecule has 0 amide bonds. The van der Waals surface area contributed by atoms with Gasteiger partial charge in [0.2, 0.25) is 5.78 Å². The summed E-state index contributed by atoms with van der Waals surface area (Å²) in [5, 5.41) is 0. The van der Waals surface area contributed by atoms with Crippen molar-refractivity contribution in [1.82, 2.24) is 14.5 Å². The lowest BCUT2D eigenvalue weighted by atomic mass is 10.2. The van der Waals surface area contributed by atoms with E-state index >= 15 is 0 Å². The van der Waals surface area contributed by atoms with Gasteiger partial charge in [-0.05, 0) is 28.1 Å². The minimum atomic E-state index is -0.0575. The van der Waals surface area contributed by atoms with Crippen molar-refractivity contribution < 1.29 is 9.53 Å². The predicted molar refractivity (Wildman–Crippen MR) is 69.2 cm³/mol. The van der Waals surface area contributed by atoms with Crippen LogP contribution in [0.3, 0.4) is 0 Å². The summed E-state index contributed by atoms with van der Waals surface area (Å²) in [4.78, 5) is 20.2. The molecule has 0 atom stereocenters. The van der Waals surface area contributed by atoms with Crippen LogP contribution < -0.4 is 0 Å². The first-order chi connectivity index (χ1) is 8.70. The van der Waals surface area contributed by atoms with Gasteiger partial charge < -0.3 is 9.30 Å². The number of methoxy groups -OCH3 is 1. The quantitative estimate of drug-likeness (QED) is 0.793. The summed E-state index contributed by atoms with van der Waals surface area (Å²) in [5.41, 5.74) is 0.440. The molecule has 2 rings (SSSR count). The molecule has 6 heteroatoms. The van der Waals surface area contributed by atoms with Gasteiger partial charge in [0.15, 0.2) is 0 Å². The van der Waals surface area contributed by atoms with E-state index in [2.05, 4.69) is 25.9 Å². The van der Waals surface area contributed by atoms with Crippen LogP contribution in [0.25, 0.3) is 0 Å². The lowest BCUT2D eigenvalue weighted by Gasteiger charge is -2.06. The van der Waals surface area contributed by atoms with E-state index in [4.69, 9.17) is 4.74 Å². The highest BCUT2D eigenvalue weighted by molar-refractivity contribution is 9.10. The summed E-state index contributed by atoms with van der Waals surface area (Å²) in [5.74, 6) is 0.667. The normalized spacial score (nSPS) is 10.6. The molecular formula is C12H12BrN3O2. The maximum Gasteiger partial charge on any atom is 0.200 e. The number of nitrogens with zero attached hydrogens (tertiary/aromatic N) is 3. The number of ketones is 1. The van der Waals surface area contributed by atoms with Crippen molar-refractivity contribution in [3.8, 4) is 0 Å². The van der Waals surface area contributed by atoms with E-state index in [0.717, 1.165) is 10.3 Å². The van der Waals surface area contributed by atoms with Gasteiger partial charge in [0, 0.05) is 30.2 Å². The molecule has 18 heavy (non-hydrogen) atoms. The molecule has 2 aromatic rings. The summed E-state index contributed by atoms with van der Waals surface area (Å²) in [7, 11) is 1.59. The maximum atomic E-state index is 12.0. The molecule has 0 unspecified atom stereocenters. The van der Waals surface area contributed by atoms with Gasteiger partial charge in [0.25, 0.3) is 0 Å². The molecule has 5 nitrogen and oxygen atoms in total. The van der Waals surface area contributed by atoms with Crippen LogP contribution in [0.5, 0.6) is 0 Å². The van der Waals surface area contributed by atoms with Gasteiger partial charge in [0.05, 0.1) is 6.54 Å². The topological polar surface area (TPSA) is 57.0 Å². The molecule has 0 bridgehead atoms. The second-order valence-corrected chi connectivity index (χ2v) is 4.60. The standard InChI is InChI=1S/C12H12BrN3O2/c1-18-8-12-14-4-5-16(12)7-11(17)10-3-2-9(13)6-15-10/h2-6H,7-8H2,1H3. The number of Topliss-reactive ketones (excluding diaryl/α,β-unsaturated/α-hetero) is 1. The van der Waals surface area contributed by atoms with Crippen molar-refractivity contribution in [2.75, 3.05) is 7.11 Å². The number of pyridine rings is 1. The van der Waals surface area contributed by atoms with Crippen LogP contribution in [0.2, 0.25) is 0 Å². The zero-order chi connectivity index (χ0) is 13.0. The predicted octanol–water partition coefficient (Wildman–Crippen LogP) is 2.07. The number of rotatable bonds is 5. The van der Waals surface area contributed by atoms with E-state index in [1.165, 1.54) is 0 Å². The second-order valence-electron chi connectivity index (χ2n) is 3.69. The zero-order valence-corrected chi connectivity index (χ0v) is 11.4. The first-order valence-corrected chi connectivity index (χ1v) is 6.13. The Morgan fingerprint density at radius 1 is 1.44 bits per heavy atom. The highest BCUT2D eigenvalue weighted by atomic mass is 79.9. The fourth-order valence-electron chi connectivity index (χ4n) is 1.53. The Morgan fingerprint density at radius 2 is 2.28 bits per heavy atom. The average molecular weight is 310 g/mol. The minimum Gasteiger partial charge on any atom is -0.377 e.